The molecule has 0 bridgehead atoms. The van der Waals surface area contributed by atoms with Gasteiger partial charge in [-0.25, -0.2) is 4.79 Å². The van der Waals surface area contributed by atoms with Crippen molar-refractivity contribution in [2.75, 3.05) is 20.2 Å². The molecule has 0 spiro atoms. The van der Waals surface area contributed by atoms with Gasteiger partial charge in [0.25, 0.3) is 0 Å². The van der Waals surface area contributed by atoms with E-state index in [1.165, 1.54) is 19.6 Å². The van der Waals surface area contributed by atoms with Crippen LogP contribution in [-0.4, -0.2) is 48.3 Å². The molecule has 154 valence electrons. The first-order valence-corrected chi connectivity index (χ1v) is 10.1. The summed E-state index contributed by atoms with van der Waals surface area (Å²) in [5, 5.41) is 12.5. The van der Waals surface area contributed by atoms with E-state index in [1.54, 1.807) is 17.0 Å². The van der Waals surface area contributed by atoms with Crippen LogP contribution in [0.1, 0.15) is 44.6 Å². The Kier molecular flexibility index (Phi) is 6.65. The van der Waals surface area contributed by atoms with Gasteiger partial charge in [-0.3, -0.25) is 4.79 Å². The Morgan fingerprint density at radius 1 is 1.29 bits per heavy atom. The van der Waals surface area contributed by atoms with Crippen molar-refractivity contribution in [2.24, 2.45) is 11.8 Å². The maximum Gasteiger partial charge on any atom is 0.410 e. The number of carbonyl (C=O) groups is 2. The third-order valence-electron chi connectivity index (χ3n) is 5.80. The van der Waals surface area contributed by atoms with Gasteiger partial charge >= 0.3 is 6.09 Å². The Morgan fingerprint density at radius 3 is 2.79 bits per heavy atom. The molecule has 2 amide bonds. The summed E-state index contributed by atoms with van der Waals surface area (Å²) in [5.41, 5.74) is 0.835. The minimum Gasteiger partial charge on any atom is -0.504 e. The number of nitrogens with zero attached hydrogens (tertiary/aromatic N) is 1. The number of rotatable bonds is 6. The number of methoxy groups -OCH3 is 1. The van der Waals surface area contributed by atoms with Crippen molar-refractivity contribution < 1.29 is 24.2 Å². The van der Waals surface area contributed by atoms with Gasteiger partial charge in [-0.1, -0.05) is 25.8 Å². The molecule has 1 saturated carbocycles. The zero-order valence-electron chi connectivity index (χ0n) is 16.6. The molecule has 28 heavy (non-hydrogen) atoms. The van der Waals surface area contributed by atoms with E-state index in [4.69, 9.17) is 9.47 Å². The highest BCUT2D eigenvalue weighted by molar-refractivity contribution is 5.82. The van der Waals surface area contributed by atoms with Gasteiger partial charge in [-0.15, -0.1) is 0 Å². The van der Waals surface area contributed by atoms with Crippen molar-refractivity contribution in [1.29, 1.82) is 0 Å². The van der Waals surface area contributed by atoms with Crippen LogP contribution in [0.2, 0.25) is 0 Å². The summed E-state index contributed by atoms with van der Waals surface area (Å²) in [6.07, 6.45) is 5.09. The number of phenols is 1. The van der Waals surface area contributed by atoms with Gasteiger partial charge in [0.2, 0.25) is 5.91 Å². The minimum atomic E-state index is -0.297. The van der Waals surface area contributed by atoms with Crippen molar-refractivity contribution >= 4 is 12.0 Å². The summed E-state index contributed by atoms with van der Waals surface area (Å²) in [6, 6.07) is 4.96. The van der Waals surface area contributed by atoms with E-state index in [9.17, 15) is 14.7 Å². The van der Waals surface area contributed by atoms with E-state index in [0.29, 0.717) is 31.3 Å². The Morgan fingerprint density at radius 2 is 2.07 bits per heavy atom. The Labute approximate surface area is 166 Å². The predicted octanol–water partition coefficient (Wildman–Crippen LogP) is 3.05. The smallest absolute Gasteiger partial charge is 0.410 e. The molecule has 2 aliphatic rings. The topological polar surface area (TPSA) is 88.1 Å². The second-order valence-corrected chi connectivity index (χ2v) is 7.77. The van der Waals surface area contributed by atoms with Crippen LogP contribution in [-0.2, 0) is 16.1 Å². The average Bonchev–Trinajstić information content (AvgIpc) is 2.66. The first kappa shape index (κ1) is 20.3. The third kappa shape index (κ3) is 4.88. The average molecular weight is 390 g/mol. The highest BCUT2D eigenvalue weighted by Gasteiger charge is 2.37. The molecule has 2 atom stereocenters. The molecular formula is C21H30N2O5. The molecule has 1 saturated heterocycles. The number of amides is 2. The monoisotopic (exact) mass is 390 g/mol. The molecule has 2 unspecified atom stereocenters. The second-order valence-electron chi connectivity index (χ2n) is 7.77. The highest BCUT2D eigenvalue weighted by Crippen LogP contribution is 2.30. The lowest BCUT2D eigenvalue weighted by Crippen LogP contribution is -2.56. The van der Waals surface area contributed by atoms with Gasteiger partial charge in [0, 0.05) is 19.6 Å². The number of aromatic hydroxyl groups is 1. The number of ether oxygens (including phenoxy) is 2. The molecule has 3 rings (SSSR count). The first-order valence-electron chi connectivity index (χ1n) is 10.1. The second kappa shape index (κ2) is 9.17. The zero-order valence-corrected chi connectivity index (χ0v) is 16.6. The van der Waals surface area contributed by atoms with Crippen LogP contribution in [0.3, 0.4) is 0 Å². The van der Waals surface area contributed by atoms with E-state index in [1.807, 2.05) is 0 Å². The highest BCUT2D eigenvalue weighted by atomic mass is 16.6. The SMILES string of the molecule is CCC1CCCC(OC(=O)N2CC(C(=O)NCc3ccc(O)c(OC)c3)C2)C1. The van der Waals surface area contributed by atoms with Crippen molar-refractivity contribution in [3.05, 3.63) is 23.8 Å². The quantitative estimate of drug-likeness (QED) is 0.779. The molecular weight excluding hydrogens is 360 g/mol. The van der Waals surface area contributed by atoms with Gasteiger partial charge in [0.1, 0.15) is 6.10 Å². The lowest BCUT2D eigenvalue weighted by Gasteiger charge is -2.39. The molecule has 7 heteroatoms. The van der Waals surface area contributed by atoms with Gasteiger partial charge in [0.05, 0.1) is 13.0 Å². The summed E-state index contributed by atoms with van der Waals surface area (Å²) in [7, 11) is 1.48. The summed E-state index contributed by atoms with van der Waals surface area (Å²) < 4.78 is 10.7. The van der Waals surface area contributed by atoms with Crippen LogP contribution in [0, 0.1) is 11.8 Å². The number of hydrogen-bond acceptors (Lipinski definition) is 5. The summed E-state index contributed by atoms with van der Waals surface area (Å²) in [5.74, 6) is 0.799. The van der Waals surface area contributed by atoms with Crippen molar-refractivity contribution in [3.63, 3.8) is 0 Å². The Hall–Kier alpha value is -2.44. The van der Waals surface area contributed by atoms with Crippen molar-refractivity contribution in [1.82, 2.24) is 10.2 Å². The lowest BCUT2D eigenvalue weighted by atomic mass is 9.85. The predicted molar refractivity (Wildman–Crippen MR) is 104 cm³/mol. The summed E-state index contributed by atoms with van der Waals surface area (Å²) in [6.45, 7) is 3.32. The zero-order chi connectivity index (χ0) is 20.1. The van der Waals surface area contributed by atoms with Crippen LogP contribution in [0.4, 0.5) is 4.79 Å². The fourth-order valence-electron chi connectivity index (χ4n) is 3.90. The van der Waals surface area contributed by atoms with Crippen molar-refractivity contribution in [3.8, 4) is 11.5 Å². The van der Waals surface area contributed by atoms with Crippen LogP contribution in [0.15, 0.2) is 18.2 Å². The number of hydrogen-bond donors (Lipinski definition) is 2. The molecule has 0 radical (unpaired) electrons. The van der Waals surface area contributed by atoms with Gasteiger partial charge in [0.15, 0.2) is 11.5 Å². The van der Waals surface area contributed by atoms with Crippen LogP contribution < -0.4 is 10.1 Å². The molecule has 2 N–H and O–H groups in total. The maximum atomic E-state index is 12.3. The summed E-state index contributed by atoms with van der Waals surface area (Å²) >= 11 is 0. The van der Waals surface area contributed by atoms with E-state index in [0.717, 1.165) is 31.2 Å². The third-order valence-corrected chi connectivity index (χ3v) is 5.80. The van der Waals surface area contributed by atoms with Crippen LogP contribution in [0.5, 0.6) is 11.5 Å². The van der Waals surface area contributed by atoms with Crippen molar-refractivity contribution in [2.45, 2.75) is 51.7 Å². The normalized spacial score (nSPS) is 22.3. The molecule has 1 heterocycles. The molecule has 0 aromatic heterocycles. The maximum absolute atomic E-state index is 12.3. The molecule has 1 aromatic carbocycles. The molecule has 1 aliphatic carbocycles. The number of phenolic OH excluding ortho intramolecular Hbond substituents is 1. The first-order chi connectivity index (χ1) is 13.5. The molecule has 1 aromatic rings. The van der Waals surface area contributed by atoms with E-state index in [2.05, 4.69) is 12.2 Å². The minimum absolute atomic E-state index is 0.0172. The van der Waals surface area contributed by atoms with E-state index >= 15 is 0 Å². The number of likely N-dealkylation sites (tertiary alicyclic amines) is 1. The fourth-order valence-corrected chi connectivity index (χ4v) is 3.90. The largest absolute Gasteiger partial charge is 0.504 e. The van der Waals surface area contributed by atoms with Crippen LogP contribution >= 0.6 is 0 Å². The van der Waals surface area contributed by atoms with Gasteiger partial charge in [-0.05, 0) is 42.9 Å². The summed E-state index contributed by atoms with van der Waals surface area (Å²) in [4.78, 5) is 26.2. The molecule has 1 aliphatic heterocycles. The standard InChI is InChI=1S/C21H30N2O5/c1-3-14-5-4-6-17(9-14)28-21(26)23-12-16(13-23)20(25)22-11-15-7-8-18(24)19(10-15)27-2/h7-8,10,14,16-17,24H,3-6,9,11-13H2,1-2H3,(H,22,25). The van der Waals surface area contributed by atoms with Gasteiger partial charge in [-0.2, -0.15) is 0 Å². The lowest BCUT2D eigenvalue weighted by molar-refractivity contribution is -0.129. The van der Waals surface area contributed by atoms with E-state index < -0.39 is 0 Å². The van der Waals surface area contributed by atoms with E-state index in [-0.39, 0.29) is 29.8 Å². The van der Waals surface area contributed by atoms with Crippen LogP contribution in [0.25, 0.3) is 0 Å². The fraction of sp³-hybridized carbons (Fsp3) is 0.619. The number of carbonyl (C=O) groups excluding carboxylic acids is 2. The number of nitrogens with one attached hydrogen (secondary N) is 1. The Bertz CT molecular complexity index is 702. The number of benzene rings is 1. The molecule has 7 nitrogen and oxygen atoms in total. The molecule has 2 fully saturated rings. The van der Waals surface area contributed by atoms with Gasteiger partial charge < -0.3 is 24.8 Å². The Balaban J connectivity index is 1.39.